The number of alkyl halides is 3. The zero-order valence-electron chi connectivity index (χ0n) is 10.4. The van der Waals surface area contributed by atoms with Gasteiger partial charge in [0.15, 0.2) is 6.29 Å². The van der Waals surface area contributed by atoms with E-state index in [0.717, 1.165) is 18.2 Å². The molecule has 2 aromatic carbocycles. The number of hydrogen-bond donors (Lipinski definition) is 0. The van der Waals surface area contributed by atoms with Crippen LogP contribution < -0.4 is 9.47 Å². The molecule has 2 rings (SSSR count). The molecule has 21 heavy (non-hydrogen) atoms. The van der Waals surface area contributed by atoms with Crippen molar-refractivity contribution >= 4 is 6.29 Å². The minimum atomic E-state index is -4.77. The third-order valence-corrected chi connectivity index (χ3v) is 2.39. The van der Waals surface area contributed by atoms with Gasteiger partial charge in [-0.05, 0) is 36.4 Å². The lowest BCUT2D eigenvalue weighted by Gasteiger charge is -2.10. The lowest BCUT2D eigenvalue weighted by molar-refractivity contribution is -0.274. The highest BCUT2D eigenvalue weighted by Crippen LogP contribution is 2.27. The van der Waals surface area contributed by atoms with Crippen LogP contribution in [0.3, 0.4) is 0 Å². The number of carbonyl (C=O) groups excluding carboxylic acids is 1. The van der Waals surface area contributed by atoms with Crippen LogP contribution in [-0.4, -0.2) is 12.6 Å². The molecule has 0 saturated heterocycles. The predicted octanol–water partition coefficient (Wildman–Crippen LogP) is 4.33. The van der Waals surface area contributed by atoms with Gasteiger partial charge in [0.2, 0.25) is 0 Å². The molecule has 0 fully saturated rings. The van der Waals surface area contributed by atoms with Crippen molar-refractivity contribution < 1.29 is 31.8 Å². The lowest BCUT2D eigenvalue weighted by atomic mass is 10.2. The summed E-state index contributed by atoms with van der Waals surface area (Å²) in [5.74, 6) is -0.831. The zero-order chi connectivity index (χ0) is 15.5. The summed E-state index contributed by atoms with van der Waals surface area (Å²) < 4.78 is 58.2. The molecule has 110 valence electrons. The van der Waals surface area contributed by atoms with Gasteiger partial charge in [0.1, 0.15) is 23.1 Å². The van der Waals surface area contributed by atoms with Crippen LogP contribution >= 0.6 is 0 Å². The normalized spacial score (nSPS) is 11.0. The predicted molar refractivity (Wildman–Crippen MR) is 65.0 cm³/mol. The quantitative estimate of drug-likeness (QED) is 0.623. The third-order valence-electron chi connectivity index (χ3n) is 2.39. The van der Waals surface area contributed by atoms with E-state index in [-0.39, 0.29) is 17.1 Å². The Hall–Kier alpha value is -2.57. The van der Waals surface area contributed by atoms with Crippen molar-refractivity contribution in [2.24, 2.45) is 0 Å². The van der Waals surface area contributed by atoms with Gasteiger partial charge in [0, 0.05) is 6.07 Å². The summed E-state index contributed by atoms with van der Waals surface area (Å²) in [6, 6.07) is 8.23. The highest BCUT2D eigenvalue weighted by atomic mass is 19.4. The molecule has 0 amide bonds. The smallest absolute Gasteiger partial charge is 0.457 e. The van der Waals surface area contributed by atoms with Gasteiger partial charge in [-0.25, -0.2) is 4.39 Å². The van der Waals surface area contributed by atoms with Crippen LogP contribution in [0, 0.1) is 5.82 Å². The van der Waals surface area contributed by atoms with Gasteiger partial charge < -0.3 is 9.47 Å². The molecule has 0 aromatic heterocycles. The topological polar surface area (TPSA) is 35.5 Å². The van der Waals surface area contributed by atoms with E-state index in [0.29, 0.717) is 6.29 Å². The summed E-state index contributed by atoms with van der Waals surface area (Å²) in [6.07, 6.45) is -4.40. The number of carbonyl (C=O) groups is 1. The Morgan fingerprint density at radius 2 is 1.48 bits per heavy atom. The van der Waals surface area contributed by atoms with E-state index >= 15 is 0 Å². The fraction of sp³-hybridized carbons (Fsp3) is 0.0714. The zero-order valence-corrected chi connectivity index (χ0v) is 10.4. The molecule has 0 aliphatic heterocycles. The maximum Gasteiger partial charge on any atom is 0.573 e. The number of rotatable bonds is 4. The summed E-state index contributed by atoms with van der Waals surface area (Å²) in [5.41, 5.74) is -0.115. The van der Waals surface area contributed by atoms with Gasteiger partial charge in [0.25, 0.3) is 0 Å². The van der Waals surface area contributed by atoms with E-state index in [1.54, 1.807) is 0 Å². The number of ether oxygens (including phenoxy) is 2. The van der Waals surface area contributed by atoms with Crippen LogP contribution in [0.4, 0.5) is 17.6 Å². The average molecular weight is 300 g/mol. The lowest BCUT2D eigenvalue weighted by Crippen LogP contribution is -2.16. The minimum absolute atomic E-state index is 0.114. The highest BCUT2D eigenvalue weighted by Gasteiger charge is 2.30. The number of halogens is 4. The Kier molecular flexibility index (Phi) is 4.11. The Labute approximate surface area is 116 Å². The first kappa shape index (κ1) is 14.8. The van der Waals surface area contributed by atoms with Crippen LogP contribution in [-0.2, 0) is 0 Å². The molecule has 0 N–H and O–H groups in total. The Morgan fingerprint density at radius 3 is 2.00 bits per heavy atom. The van der Waals surface area contributed by atoms with Crippen molar-refractivity contribution in [1.82, 2.24) is 0 Å². The monoisotopic (exact) mass is 300 g/mol. The van der Waals surface area contributed by atoms with Gasteiger partial charge >= 0.3 is 6.36 Å². The maximum absolute atomic E-state index is 13.3. The number of hydrogen-bond acceptors (Lipinski definition) is 3. The molecular weight excluding hydrogens is 292 g/mol. The first-order valence-corrected chi connectivity index (χ1v) is 5.66. The van der Waals surface area contributed by atoms with Crippen molar-refractivity contribution in [3.8, 4) is 17.2 Å². The first-order chi connectivity index (χ1) is 9.87. The second-order valence-corrected chi connectivity index (χ2v) is 3.92. The van der Waals surface area contributed by atoms with Crippen LogP contribution in [0.2, 0.25) is 0 Å². The van der Waals surface area contributed by atoms with Crippen molar-refractivity contribution in [3.05, 3.63) is 53.8 Å². The molecule has 0 bridgehead atoms. The third kappa shape index (κ3) is 4.20. The Morgan fingerprint density at radius 1 is 0.905 bits per heavy atom. The van der Waals surface area contributed by atoms with Crippen LogP contribution in [0.1, 0.15) is 10.4 Å². The van der Waals surface area contributed by atoms with Gasteiger partial charge in [0.05, 0.1) is 5.56 Å². The van der Waals surface area contributed by atoms with E-state index in [4.69, 9.17) is 4.74 Å². The molecule has 0 atom stereocenters. The second-order valence-electron chi connectivity index (χ2n) is 3.92. The van der Waals surface area contributed by atoms with E-state index in [2.05, 4.69) is 4.74 Å². The van der Waals surface area contributed by atoms with E-state index in [9.17, 15) is 22.4 Å². The van der Waals surface area contributed by atoms with Crippen molar-refractivity contribution in [3.63, 3.8) is 0 Å². The second kappa shape index (κ2) is 5.82. The van der Waals surface area contributed by atoms with Gasteiger partial charge in [-0.3, -0.25) is 4.79 Å². The SMILES string of the molecule is O=Cc1ccc(Oc2ccc(OC(F)(F)F)cc2)cc1F. The largest absolute Gasteiger partial charge is 0.573 e. The summed E-state index contributed by atoms with van der Waals surface area (Å²) in [4.78, 5) is 10.5. The van der Waals surface area contributed by atoms with E-state index < -0.39 is 17.9 Å². The van der Waals surface area contributed by atoms with Crippen LogP contribution in [0.25, 0.3) is 0 Å². The van der Waals surface area contributed by atoms with Crippen LogP contribution in [0.5, 0.6) is 17.2 Å². The van der Waals surface area contributed by atoms with Crippen molar-refractivity contribution in [1.29, 1.82) is 0 Å². The van der Waals surface area contributed by atoms with Crippen molar-refractivity contribution in [2.75, 3.05) is 0 Å². The van der Waals surface area contributed by atoms with E-state index in [1.807, 2.05) is 0 Å². The summed E-state index contributed by atoms with van der Waals surface area (Å²) >= 11 is 0. The molecule has 0 aliphatic carbocycles. The van der Waals surface area contributed by atoms with Crippen LogP contribution in [0.15, 0.2) is 42.5 Å². The van der Waals surface area contributed by atoms with Gasteiger partial charge in [-0.2, -0.15) is 0 Å². The minimum Gasteiger partial charge on any atom is -0.457 e. The van der Waals surface area contributed by atoms with Gasteiger partial charge in [-0.1, -0.05) is 0 Å². The maximum atomic E-state index is 13.3. The van der Waals surface area contributed by atoms with Crippen molar-refractivity contribution in [2.45, 2.75) is 6.36 Å². The molecule has 2 aromatic rings. The summed E-state index contributed by atoms with van der Waals surface area (Å²) in [5, 5.41) is 0. The summed E-state index contributed by atoms with van der Waals surface area (Å²) in [6.45, 7) is 0. The molecule has 0 saturated carbocycles. The average Bonchev–Trinajstić information content (AvgIpc) is 2.40. The number of benzene rings is 2. The fourth-order valence-electron chi connectivity index (χ4n) is 1.51. The van der Waals surface area contributed by atoms with Gasteiger partial charge in [-0.15, -0.1) is 13.2 Å². The van der Waals surface area contributed by atoms with E-state index in [1.165, 1.54) is 24.3 Å². The Balaban J connectivity index is 2.10. The molecule has 3 nitrogen and oxygen atoms in total. The first-order valence-electron chi connectivity index (χ1n) is 5.66. The fourth-order valence-corrected chi connectivity index (χ4v) is 1.51. The molecule has 7 heteroatoms. The summed E-state index contributed by atoms with van der Waals surface area (Å²) in [7, 11) is 0. The molecule has 0 spiro atoms. The highest BCUT2D eigenvalue weighted by molar-refractivity contribution is 5.75. The Bertz CT molecular complexity index is 636. The molecule has 0 aliphatic rings. The molecular formula is C14H8F4O3. The number of aldehydes is 1. The standard InChI is InChI=1S/C14H8F4O3/c15-13-7-12(2-1-9(13)8-19)20-10-3-5-11(6-4-10)21-14(16,17)18/h1-8H. The molecule has 0 heterocycles. The molecule has 0 unspecified atom stereocenters. The molecule has 0 radical (unpaired) electrons.